The van der Waals surface area contributed by atoms with Crippen LogP contribution in [0.15, 0.2) is 36.4 Å². The minimum Gasteiger partial charge on any atom is -0.493 e. The summed E-state index contributed by atoms with van der Waals surface area (Å²) < 4.78 is 24.6. The number of hydrogen-bond donors (Lipinski definition) is 2. The molecule has 2 aromatic rings. The van der Waals surface area contributed by atoms with E-state index in [-0.39, 0.29) is 30.1 Å². The lowest BCUT2D eigenvalue weighted by Gasteiger charge is -2.12. The normalized spacial score (nSPS) is 10.2. The average Bonchev–Trinajstić information content (AvgIpc) is 2.66. The summed E-state index contributed by atoms with van der Waals surface area (Å²) in [6.07, 6.45) is 0.437. The molecule has 1 amide bonds. The van der Waals surface area contributed by atoms with Gasteiger partial charge in [-0.1, -0.05) is 0 Å². The van der Waals surface area contributed by atoms with Crippen molar-refractivity contribution in [2.45, 2.75) is 19.8 Å². The number of anilines is 1. The van der Waals surface area contributed by atoms with Gasteiger partial charge in [-0.2, -0.15) is 0 Å². The van der Waals surface area contributed by atoms with E-state index in [1.807, 2.05) is 0 Å². The van der Waals surface area contributed by atoms with Gasteiger partial charge in [0.25, 0.3) is 0 Å². The van der Waals surface area contributed by atoms with Crippen LogP contribution in [-0.2, 0) is 4.79 Å². The van der Waals surface area contributed by atoms with Gasteiger partial charge in [0.05, 0.1) is 25.0 Å². The number of hydrogen-bond acceptors (Lipinski definition) is 5. The number of ether oxygens (including phenoxy) is 2. The first-order valence-electron chi connectivity index (χ1n) is 8.46. The van der Waals surface area contributed by atoms with E-state index in [9.17, 15) is 18.8 Å². The number of methoxy groups -OCH3 is 1. The molecule has 0 aliphatic heterocycles. The number of amides is 1. The van der Waals surface area contributed by atoms with Crippen molar-refractivity contribution < 1.29 is 33.4 Å². The minimum atomic E-state index is -1.25. The van der Waals surface area contributed by atoms with Crippen molar-refractivity contribution in [3.63, 3.8) is 0 Å². The third kappa shape index (κ3) is 5.54. The van der Waals surface area contributed by atoms with E-state index in [2.05, 4.69) is 5.32 Å². The summed E-state index contributed by atoms with van der Waals surface area (Å²) in [5, 5.41) is 11.2. The Balaban J connectivity index is 1.84. The molecule has 0 saturated carbocycles. The standard InChI is InChI=1S/C20H20FNO6/c1-12(23)13-6-8-17(18(11-13)27-2)28-9-3-4-19(24)22-16-7-5-14(20(25)26)10-15(16)21/h5-8,10-11H,3-4,9H2,1-2H3,(H,22,24)(H,25,26). The fourth-order valence-electron chi connectivity index (χ4n) is 2.38. The maximum absolute atomic E-state index is 13.8. The van der Waals surface area contributed by atoms with Crippen molar-refractivity contribution in [3.8, 4) is 11.5 Å². The van der Waals surface area contributed by atoms with Crippen LogP contribution in [0.4, 0.5) is 10.1 Å². The third-order valence-corrected chi connectivity index (χ3v) is 3.87. The quantitative estimate of drug-likeness (QED) is 0.502. The highest BCUT2D eigenvalue weighted by atomic mass is 19.1. The Morgan fingerprint density at radius 2 is 1.79 bits per heavy atom. The number of carboxylic acids is 1. The summed E-state index contributed by atoms with van der Waals surface area (Å²) in [5.41, 5.74) is 0.213. The Kier molecular flexibility index (Phi) is 7.08. The highest BCUT2D eigenvalue weighted by Crippen LogP contribution is 2.28. The van der Waals surface area contributed by atoms with Crippen molar-refractivity contribution in [2.24, 2.45) is 0 Å². The second kappa shape index (κ2) is 9.50. The number of carboxylic acid groups (broad SMARTS) is 1. The van der Waals surface area contributed by atoms with E-state index >= 15 is 0 Å². The van der Waals surface area contributed by atoms with Gasteiger partial charge in [-0.3, -0.25) is 9.59 Å². The maximum Gasteiger partial charge on any atom is 0.335 e. The summed E-state index contributed by atoms with van der Waals surface area (Å²) in [4.78, 5) is 34.1. The topological polar surface area (TPSA) is 102 Å². The number of ketones is 1. The number of carbonyl (C=O) groups is 3. The first kappa shape index (κ1) is 20.9. The van der Waals surface area contributed by atoms with E-state index in [1.54, 1.807) is 18.2 Å². The molecule has 0 heterocycles. The highest BCUT2D eigenvalue weighted by molar-refractivity contribution is 5.94. The van der Waals surface area contributed by atoms with Gasteiger partial charge >= 0.3 is 5.97 Å². The van der Waals surface area contributed by atoms with Crippen LogP contribution in [0.1, 0.15) is 40.5 Å². The van der Waals surface area contributed by atoms with Crippen LogP contribution in [0.5, 0.6) is 11.5 Å². The van der Waals surface area contributed by atoms with Crippen LogP contribution in [0.2, 0.25) is 0 Å². The largest absolute Gasteiger partial charge is 0.493 e. The lowest BCUT2D eigenvalue weighted by atomic mass is 10.1. The second-order valence-electron chi connectivity index (χ2n) is 5.92. The highest BCUT2D eigenvalue weighted by Gasteiger charge is 2.12. The Morgan fingerprint density at radius 3 is 2.39 bits per heavy atom. The summed E-state index contributed by atoms with van der Waals surface area (Å²) in [6, 6.07) is 8.08. The van der Waals surface area contributed by atoms with Crippen LogP contribution in [-0.4, -0.2) is 36.5 Å². The van der Waals surface area contributed by atoms with Gasteiger partial charge < -0.3 is 19.9 Å². The molecule has 0 aliphatic carbocycles. The maximum atomic E-state index is 13.8. The predicted octanol–water partition coefficient (Wildman–Crippen LogP) is 3.53. The SMILES string of the molecule is COc1cc(C(C)=O)ccc1OCCCC(=O)Nc1ccc(C(=O)O)cc1F. The van der Waals surface area contributed by atoms with Crippen LogP contribution < -0.4 is 14.8 Å². The van der Waals surface area contributed by atoms with Crippen LogP contribution in [0.3, 0.4) is 0 Å². The zero-order chi connectivity index (χ0) is 20.7. The molecule has 0 saturated heterocycles. The molecule has 0 spiro atoms. The zero-order valence-electron chi connectivity index (χ0n) is 15.5. The van der Waals surface area contributed by atoms with Gasteiger partial charge in [-0.25, -0.2) is 9.18 Å². The molecule has 0 bridgehead atoms. The van der Waals surface area contributed by atoms with Crippen molar-refractivity contribution in [1.82, 2.24) is 0 Å². The molecular formula is C20H20FNO6. The number of halogens is 1. The fourth-order valence-corrected chi connectivity index (χ4v) is 2.38. The Bertz CT molecular complexity index is 896. The van der Waals surface area contributed by atoms with Crippen LogP contribution >= 0.6 is 0 Å². The molecule has 2 N–H and O–H groups in total. The van der Waals surface area contributed by atoms with Crippen LogP contribution in [0, 0.1) is 5.82 Å². The summed E-state index contributed by atoms with van der Waals surface area (Å²) in [6.45, 7) is 1.66. The zero-order valence-corrected chi connectivity index (χ0v) is 15.5. The van der Waals surface area contributed by atoms with Gasteiger partial charge in [0.2, 0.25) is 5.91 Å². The number of carbonyl (C=O) groups excluding carboxylic acids is 2. The molecule has 28 heavy (non-hydrogen) atoms. The van der Waals surface area contributed by atoms with E-state index in [0.29, 0.717) is 23.5 Å². The molecule has 8 heteroatoms. The van der Waals surface area contributed by atoms with Crippen molar-refractivity contribution in [1.29, 1.82) is 0 Å². The molecule has 0 aliphatic rings. The Morgan fingerprint density at radius 1 is 1.07 bits per heavy atom. The monoisotopic (exact) mass is 389 g/mol. The first-order chi connectivity index (χ1) is 13.3. The van der Waals surface area contributed by atoms with E-state index < -0.39 is 17.7 Å². The fraction of sp³-hybridized carbons (Fsp3) is 0.250. The number of Topliss-reactive ketones (excluding diaryl/α,β-unsaturated/α-hetero) is 1. The Labute approximate surface area is 161 Å². The molecule has 0 unspecified atom stereocenters. The number of aromatic carboxylic acids is 1. The third-order valence-electron chi connectivity index (χ3n) is 3.87. The molecule has 148 valence electrons. The molecule has 2 aromatic carbocycles. The van der Waals surface area contributed by atoms with Crippen molar-refractivity contribution >= 4 is 23.3 Å². The van der Waals surface area contributed by atoms with E-state index in [4.69, 9.17) is 14.6 Å². The van der Waals surface area contributed by atoms with Crippen LogP contribution in [0.25, 0.3) is 0 Å². The molecular weight excluding hydrogens is 369 g/mol. The van der Waals surface area contributed by atoms with Gasteiger partial charge in [-0.05, 0) is 49.7 Å². The van der Waals surface area contributed by atoms with E-state index in [1.165, 1.54) is 26.2 Å². The first-order valence-corrected chi connectivity index (χ1v) is 8.46. The summed E-state index contributed by atoms with van der Waals surface area (Å²) >= 11 is 0. The van der Waals surface area contributed by atoms with Gasteiger partial charge in [0, 0.05) is 12.0 Å². The minimum absolute atomic E-state index is 0.0773. The van der Waals surface area contributed by atoms with Crippen molar-refractivity contribution in [3.05, 3.63) is 53.3 Å². The van der Waals surface area contributed by atoms with Crippen molar-refractivity contribution in [2.75, 3.05) is 19.0 Å². The average molecular weight is 389 g/mol. The number of rotatable bonds is 9. The van der Waals surface area contributed by atoms with Gasteiger partial charge in [0.1, 0.15) is 5.82 Å². The molecule has 0 fully saturated rings. The lowest BCUT2D eigenvalue weighted by molar-refractivity contribution is -0.116. The molecule has 2 rings (SSSR count). The molecule has 0 aromatic heterocycles. The number of nitrogens with one attached hydrogen (secondary N) is 1. The smallest absolute Gasteiger partial charge is 0.335 e. The summed E-state index contributed by atoms with van der Waals surface area (Å²) in [7, 11) is 1.46. The van der Waals surface area contributed by atoms with Gasteiger partial charge in [0.15, 0.2) is 17.3 Å². The molecule has 7 nitrogen and oxygen atoms in total. The predicted molar refractivity (Wildman–Crippen MR) is 99.7 cm³/mol. The molecule has 0 atom stereocenters. The summed E-state index contributed by atoms with van der Waals surface area (Å²) in [5.74, 6) is -1.73. The Hall–Kier alpha value is -3.42. The second-order valence-corrected chi connectivity index (χ2v) is 5.92. The van der Waals surface area contributed by atoms with E-state index in [0.717, 1.165) is 6.07 Å². The van der Waals surface area contributed by atoms with Gasteiger partial charge in [-0.15, -0.1) is 0 Å². The lowest BCUT2D eigenvalue weighted by Crippen LogP contribution is -2.14. The molecule has 0 radical (unpaired) electrons. The number of benzene rings is 2.